The van der Waals surface area contributed by atoms with Gasteiger partial charge in [0.15, 0.2) is 5.82 Å². The number of carbonyl (C=O) groups is 2. The molecule has 2 aliphatic rings. The summed E-state index contributed by atoms with van der Waals surface area (Å²) >= 11 is 0. The molecule has 3 aromatic heterocycles. The van der Waals surface area contributed by atoms with Crippen molar-refractivity contribution < 1.29 is 28.9 Å². The Hall–Kier alpha value is -4.46. The molecule has 6 rings (SSSR count). The van der Waals surface area contributed by atoms with Gasteiger partial charge >= 0.3 is 12.0 Å². The van der Waals surface area contributed by atoms with Gasteiger partial charge in [-0.1, -0.05) is 12.1 Å². The first-order valence-electron chi connectivity index (χ1n) is 13.1. The van der Waals surface area contributed by atoms with E-state index in [9.17, 15) is 14.7 Å². The standard InChI is InChI=1S/C23H21N5O4.C5H10N2O2/c1-13-4-3-5-16(26-13)19-18(14-6-7-15-17(10-14)25-9-8-24-15)27-20(28-19)21-31-11-23(2,12-32-21)22(29)30;6-5(8)7-1-3-9-4-2-7/h3-10,21H,11-12H2,1-2H3,(H,27,28)(H,29,30);1-4H2,(H2,6,8). The van der Waals surface area contributed by atoms with E-state index in [0.717, 1.165) is 28.0 Å². The molecule has 2 fully saturated rings. The summed E-state index contributed by atoms with van der Waals surface area (Å²) in [6, 6.07) is 11.2. The number of aromatic nitrogens is 5. The number of pyridine rings is 1. The van der Waals surface area contributed by atoms with Gasteiger partial charge in [0.25, 0.3) is 0 Å². The topological polar surface area (TPSA) is 179 Å². The molecular formula is C28H31N7O6. The molecule has 2 saturated heterocycles. The van der Waals surface area contributed by atoms with Gasteiger partial charge < -0.3 is 34.9 Å². The Balaban J connectivity index is 0.000000321. The SMILES string of the molecule is Cc1cccc(-c2[nH]c(C3OCC(C)(C(=O)O)CO3)nc2-c2ccc3nccnc3c2)n1.NC(=O)N1CCOCC1. The number of primary amides is 1. The Morgan fingerprint density at radius 2 is 1.76 bits per heavy atom. The lowest BCUT2D eigenvalue weighted by Gasteiger charge is -2.33. The predicted molar refractivity (Wildman–Crippen MR) is 147 cm³/mol. The molecular weight excluding hydrogens is 530 g/mol. The van der Waals surface area contributed by atoms with Crippen molar-refractivity contribution in [2.24, 2.45) is 11.1 Å². The molecule has 0 aliphatic carbocycles. The Bertz CT molecular complexity index is 1540. The van der Waals surface area contributed by atoms with Crippen molar-refractivity contribution >= 4 is 23.0 Å². The van der Waals surface area contributed by atoms with Crippen LogP contribution >= 0.6 is 0 Å². The highest BCUT2D eigenvalue weighted by Crippen LogP contribution is 2.36. The molecule has 0 atom stereocenters. The summed E-state index contributed by atoms with van der Waals surface area (Å²) in [5, 5.41) is 9.41. The molecule has 13 nitrogen and oxygen atoms in total. The lowest BCUT2D eigenvalue weighted by molar-refractivity contribution is -0.236. The molecule has 0 saturated carbocycles. The molecule has 0 radical (unpaired) electrons. The maximum absolute atomic E-state index is 11.5. The van der Waals surface area contributed by atoms with E-state index in [1.165, 1.54) is 0 Å². The molecule has 13 heteroatoms. The van der Waals surface area contributed by atoms with Gasteiger partial charge in [-0.2, -0.15) is 0 Å². The van der Waals surface area contributed by atoms with Crippen LogP contribution in [0, 0.1) is 12.3 Å². The van der Waals surface area contributed by atoms with Gasteiger partial charge in [-0.3, -0.25) is 19.7 Å². The van der Waals surface area contributed by atoms with E-state index in [-0.39, 0.29) is 19.2 Å². The summed E-state index contributed by atoms with van der Waals surface area (Å²) in [6.07, 6.45) is 2.49. The Morgan fingerprint density at radius 3 is 2.39 bits per heavy atom. The molecule has 5 heterocycles. The van der Waals surface area contributed by atoms with E-state index in [0.29, 0.717) is 43.5 Å². The van der Waals surface area contributed by atoms with E-state index in [1.807, 2.05) is 43.3 Å². The second kappa shape index (κ2) is 12.0. The number of hydrogen-bond acceptors (Lipinski definition) is 9. The van der Waals surface area contributed by atoms with Crippen LogP contribution in [0.5, 0.6) is 0 Å². The van der Waals surface area contributed by atoms with Crippen molar-refractivity contribution in [3.05, 3.63) is 60.3 Å². The van der Waals surface area contributed by atoms with Crippen molar-refractivity contribution in [2.45, 2.75) is 20.1 Å². The third-order valence-corrected chi connectivity index (χ3v) is 6.78. The zero-order valence-corrected chi connectivity index (χ0v) is 22.7. The van der Waals surface area contributed by atoms with E-state index >= 15 is 0 Å². The quantitative estimate of drug-likeness (QED) is 0.335. The molecule has 41 heavy (non-hydrogen) atoms. The minimum absolute atomic E-state index is 0.0205. The van der Waals surface area contributed by atoms with Crippen LogP contribution in [0.2, 0.25) is 0 Å². The van der Waals surface area contributed by atoms with Crippen LogP contribution in [0.4, 0.5) is 4.79 Å². The number of carboxylic acid groups (broad SMARTS) is 1. The number of rotatable bonds is 4. The Morgan fingerprint density at radius 1 is 1.05 bits per heavy atom. The summed E-state index contributed by atoms with van der Waals surface area (Å²) < 4.78 is 16.5. The molecule has 1 aromatic carbocycles. The number of H-pyrrole nitrogens is 1. The van der Waals surface area contributed by atoms with Crippen molar-refractivity contribution in [3.63, 3.8) is 0 Å². The lowest BCUT2D eigenvalue weighted by atomic mass is 9.92. The van der Waals surface area contributed by atoms with Gasteiger partial charge in [-0.25, -0.2) is 9.78 Å². The smallest absolute Gasteiger partial charge is 0.314 e. The predicted octanol–water partition coefficient (Wildman–Crippen LogP) is 2.92. The molecule has 4 N–H and O–H groups in total. The number of nitrogens with two attached hydrogens (primary N) is 1. The van der Waals surface area contributed by atoms with Gasteiger partial charge in [0.1, 0.15) is 5.41 Å². The number of aliphatic carboxylic acids is 1. The highest BCUT2D eigenvalue weighted by molar-refractivity contribution is 5.84. The van der Waals surface area contributed by atoms with Crippen molar-refractivity contribution in [1.29, 1.82) is 0 Å². The molecule has 0 spiro atoms. The molecule has 0 unspecified atom stereocenters. The number of urea groups is 1. The number of carbonyl (C=O) groups excluding carboxylic acids is 1. The largest absolute Gasteiger partial charge is 0.481 e. The van der Waals surface area contributed by atoms with Gasteiger partial charge in [-0.15, -0.1) is 0 Å². The number of nitrogens with zero attached hydrogens (tertiary/aromatic N) is 5. The average molecular weight is 562 g/mol. The third kappa shape index (κ3) is 6.32. The van der Waals surface area contributed by atoms with Crippen LogP contribution in [-0.4, -0.2) is 86.4 Å². The molecule has 4 aromatic rings. The first-order chi connectivity index (χ1) is 19.7. The number of amides is 2. The number of fused-ring (bicyclic) bond motifs is 1. The number of ether oxygens (including phenoxy) is 3. The van der Waals surface area contributed by atoms with Crippen LogP contribution in [-0.2, 0) is 19.0 Å². The number of carboxylic acids is 1. The maximum atomic E-state index is 11.5. The van der Waals surface area contributed by atoms with E-state index in [1.54, 1.807) is 24.2 Å². The van der Waals surface area contributed by atoms with Crippen LogP contribution in [0.3, 0.4) is 0 Å². The van der Waals surface area contributed by atoms with Crippen LogP contribution in [0.15, 0.2) is 48.8 Å². The molecule has 2 aliphatic heterocycles. The highest BCUT2D eigenvalue weighted by Gasteiger charge is 2.41. The summed E-state index contributed by atoms with van der Waals surface area (Å²) in [7, 11) is 0. The summed E-state index contributed by atoms with van der Waals surface area (Å²) in [4.78, 5) is 44.9. The van der Waals surface area contributed by atoms with Crippen LogP contribution < -0.4 is 5.73 Å². The second-order valence-electron chi connectivity index (χ2n) is 10.0. The monoisotopic (exact) mass is 561 g/mol. The summed E-state index contributed by atoms with van der Waals surface area (Å²) in [5.41, 5.74) is 9.26. The third-order valence-electron chi connectivity index (χ3n) is 6.78. The zero-order valence-electron chi connectivity index (χ0n) is 22.7. The Kier molecular flexibility index (Phi) is 8.19. The second-order valence-corrected chi connectivity index (χ2v) is 10.0. The first kappa shape index (κ1) is 28.1. The van der Waals surface area contributed by atoms with Crippen molar-refractivity contribution in [2.75, 3.05) is 39.5 Å². The van der Waals surface area contributed by atoms with Gasteiger partial charge in [0.05, 0.1) is 54.5 Å². The Labute approximate surface area is 235 Å². The lowest BCUT2D eigenvalue weighted by Crippen LogP contribution is -2.43. The van der Waals surface area contributed by atoms with Crippen LogP contribution in [0.25, 0.3) is 33.7 Å². The van der Waals surface area contributed by atoms with Crippen molar-refractivity contribution in [1.82, 2.24) is 29.8 Å². The fourth-order valence-corrected chi connectivity index (χ4v) is 4.36. The van der Waals surface area contributed by atoms with Gasteiger partial charge in [0, 0.05) is 36.7 Å². The minimum atomic E-state index is -1.09. The maximum Gasteiger partial charge on any atom is 0.314 e. The van der Waals surface area contributed by atoms with E-state index in [2.05, 4.69) is 19.9 Å². The number of aryl methyl sites for hydroxylation is 1. The number of hydrogen-bond donors (Lipinski definition) is 3. The number of benzene rings is 1. The average Bonchev–Trinajstić information content (AvgIpc) is 3.44. The summed E-state index contributed by atoms with van der Waals surface area (Å²) in [5.74, 6) is -0.511. The number of imidazole rings is 1. The zero-order chi connectivity index (χ0) is 29.0. The molecule has 214 valence electrons. The number of nitrogens with one attached hydrogen (secondary N) is 1. The minimum Gasteiger partial charge on any atom is -0.481 e. The van der Waals surface area contributed by atoms with E-state index < -0.39 is 17.7 Å². The molecule has 2 amide bonds. The summed E-state index contributed by atoms with van der Waals surface area (Å²) in [6.45, 7) is 6.05. The van der Waals surface area contributed by atoms with Crippen molar-refractivity contribution in [3.8, 4) is 22.6 Å². The van der Waals surface area contributed by atoms with E-state index in [4.69, 9.17) is 24.9 Å². The number of aromatic amines is 1. The van der Waals surface area contributed by atoms with Gasteiger partial charge in [0.2, 0.25) is 6.29 Å². The fourth-order valence-electron chi connectivity index (χ4n) is 4.36. The molecule has 0 bridgehead atoms. The van der Waals surface area contributed by atoms with Crippen LogP contribution in [0.1, 0.15) is 24.7 Å². The first-order valence-corrected chi connectivity index (χ1v) is 13.1. The normalized spacial score (nSPS) is 20.7. The van der Waals surface area contributed by atoms with Gasteiger partial charge in [-0.05, 0) is 38.1 Å². The fraction of sp³-hybridized carbons (Fsp3) is 0.357. The highest BCUT2D eigenvalue weighted by atomic mass is 16.7. The number of morpholine rings is 1.